The van der Waals surface area contributed by atoms with Crippen molar-refractivity contribution in [2.45, 2.75) is 19.8 Å². The minimum atomic E-state index is 0. The summed E-state index contributed by atoms with van der Waals surface area (Å²) in [5.41, 5.74) is 9.02. The van der Waals surface area contributed by atoms with Gasteiger partial charge in [0, 0.05) is 5.69 Å². The van der Waals surface area contributed by atoms with Crippen LogP contribution >= 0.6 is 24.0 Å². The molecule has 1 aromatic heterocycles. The number of hydrogen-bond acceptors (Lipinski definition) is 3. The Hall–Kier alpha value is -2.32. The lowest BCUT2D eigenvalue weighted by molar-refractivity contribution is 0.0929. The Balaban J connectivity index is 0.00000243. The summed E-state index contributed by atoms with van der Waals surface area (Å²) in [6.07, 6.45) is 1.64. The van der Waals surface area contributed by atoms with E-state index in [1.54, 1.807) is 6.26 Å². The molecule has 0 atom stereocenters. The van der Waals surface area contributed by atoms with Crippen molar-refractivity contribution in [2.75, 3.05) is 5.32 Å². The molecule has 3 aromatic rings. The van der Waals surface area contributed by atoms with E-state index in [0.717, 1.165) is 22.6 Å². The lowest BCUT2D eigenvalue weighted by atomic mass is 10.1. The molecule has 3 rings (SSSR count). The summed E-state index contributed by atoms with van der Waals surface area (Å²) in [5, 5.41) is 3.07. The molecule has 0 saturated carbocycles. The number of nitrogens with two attached hydrogens (primary N) is 1. The zero-order valence-corrected chi connectivity index (χ0v) is 16.6. The second-order valence-electron chi connectivity index (χ2n) is 5.58. The van der Waals surface area contributed by atoms with Crippen LogP contribution in [0.25, 0.3) is 0 Å². The molecule has 3 N–H and O–H groups in total. The third-order valence-electron chi connectivity index (χ3n) is 3.56. The lowest BCUT2D eigenvalue weighted by Crippen LogP contribution is -2.22. The third kappa shape index (κ3) is 6.53. The monoisotopic (exact) mass is 463 g/mol. The summed E-state index contributed by atoms with van der Waals surface area (Å²) in [5.74, 6) is 1.21. The standard InChI is InChI=1S/C20H21N3O2.HI/c21-20(23-18-8-2-1-3-9-18)22-13-16-6-4-7-17(12-16)14-24-15-19-10-5-11-25-19;/h1-12H,13-15H2,(H3,21,22,23);1H. The first kappa shape index (κ1) is 20.0. The first-order chi connectivity index (χ1) is 12.3. The molecule has 26 heavy (non-hydrogen) atoms. The van der Waals surface area contributed by atoms with E-state index in [1.165, 1.54) is 0 Å². The van der Waals surface area contributed by atoms with Crippen molar-refractivity contribution in [3.8, 4) is 0 Å². The van der Waals surface area contributed by atoms with Crippen molar-refractivity contribution in [3.05, 3.63) is 89.9 Å². The quantitative estimate of drug-likeness (QED) is 0.307. The number of hydrogen-bond donors (Lipinski definition) is 2. The maximum atomic E-state index is 5.93. The van der Waals surface area contributed by atoms with Crippen molar-refractivity contribution in [1.82, 2.24) is 0 Å². The maximum Gasteiger partial charge on any atom is 0.193 e. The number of nitrogens with zero attached hydrogens (tertiary/aromatic N) is 1. The maximum absolute atomic E-state index is 5.93. The van der Waals surface area contributed by atoms with E-state index in [9.17, 15) is 0 Å². The topological polar surface area (TPSA) is 72.8 Å². The van der Waals surface area contributed by atoms with Crippen LogP contribution in [-0.2, 0) is 24.5 Å². The lowest BCUT2D eigenvalue weighted by Gasteiger charge is -2.07. The number of halogens is 1. The van der Waals surface area contributed by atoms with Crippen molar-refractivity contribution < 1.29 is 9.15 Å². The molecular weight excluding hydrogens is 441 g/mol. The van der Waals surface area contributed by atoms with Crippen LogP contribution in [-0.4, -0.2) is 5.96 Å². The predicted octanol–water partition coefficient (Wildman–Crippen LogP) is 4.54. The molecular formula is C20H22IN3O2. The van der Waals surface area contributed by atoms with E-state index in [1.807, 2.05) is 60.7 Å². The van der Waals surface area contributed by atoms with Crippen LogP contribution in [0.3, 0.4) is 0 Å². The Morgan fingerprint density at radius 3 is 2.54 bits per heavy atom. The highest BCUT2D eigenvalue weighted by Crippen LogP contribution is 2.10. The molecule has 0 radical (unpaired) electrons. The molecule has 0 aliphatic heterocycles. The van der Waals surface area contributed by atoms with Crippen molar-refractivity contribution in [3.63, 3.8) is 0 Å². The van der Waals surface area contributed by atoms with Gasteiger partial charge in [-0.15, -0.1) is 24.0 Å². The number of para-hydroxylation sites is 1. The zero-order valence-electron chi connectivity index (χ0n) is 14.3. The van der Waals surface area contributed by atoms with Gasteiger partial charge in [-0.1, -0.05) is 42.5 Å². The fourth-order valence-electron chi connectivity index (χ4n) is 2.37. The molecule has 0 aliphatic rings. The molecule has 5 nitrogen and oxygen atoms in total. The summed E-state index contributed by atoms with van der Waals surface area (Å²) < 4.78 is 10.9. The molecule has 2 aromatic carbocycles. The van der Waals surface area contributed by atoms with Gasteiger partial charge in [-0.25, -0.2) is 4.99 Å². The molecule has 0 amide bonds. The smallest absolute Gasteiger partial charge is 0.193 e. The predicted molar refractivity (Wildman–Crippen MR) is 114 cm³/mol. The second kappa shape index (κ2) is 10.6. The Kier molecular flexibility index (Phi) is 8.17. The van der Waals surface area contributed by atoms with Crippen LogP contribution in [0.1, 0.15) is 16.9 Å². The Morgan fingerprint density at radius 2 is 1.77 bits per heavy atom. The number of anilines is 1. The van der Waals surface area contributed by atoms with Gasteiger partial charge in [-0.05, 0) is 35.4 Å². The van der Waals surface area contributed by atoms with Crippen LogP contribution in [0.15, 0.2) is 82.4 Å². The molecule has 0 saturated heterocycles. The zero-order chi connectivity index (χ0) is 17.3. The summed E-state index contributed by atoms with van der Waals surface area (Å²) in [4.78, 5) is 4.38. The average Bonchev–Trinajstić information content (AvgIpc) is 3.15. The number of nitrogens with one attached hydrogen (secondary N) is 1. The minimum absolute atomic E-state index is 0. The Bertz CT molecular complexity index is 805. The van der Waals surface area contributed by atoms with Gasteiger partial charge in [0.05, 0.1) is 19.4 Å². The fraction of sp³-hybridized carbons (Fsp3) is 0.150. The highest BCUT2D eigenvalue weighted by molar-refractivity contribution is 14.0. The molecule has 6 heteroatoms. The number of guanidine groups is 1. The van der Waals surface area contributed by atoms with Crippen molar-refractivity contribution in [1.29, 1.82) is 0 Å². The summed E-state index contributed by atoms with van der Waals surface area (Å²) in [7, 11) is 0. The van der Waals surface area contributed by atoms with Gasteiger partial charge in [0.25, 0.3) is 0 Å². The van der Waals surface area contributed by atoms with E-state index >= 15 is 0 Å². The molecule has 0 aliphatic carbocycles. The largest absolute Gasteiger partial charge is 0.467 e. The SMILES string of the molecule is I.NC(=NCc1cccc(COCc2ccco2)c1)Nc1ccccc1. The number of aliphatic imine (C=N–C) groups is 1. The average molecular weight is 463 g/mol. The van der Waals surface area contributed by atoms with Crippen LogP contribution in [0, 0.1) is 0 Å². The number of furan rings is 1. The van der Waals surface area contributed by atoms with Gasteiger partial charge in [0.2, 0.25) is 0 Å². The van der Waals surface area contributed by atoms with Crippen molar-refractivity contribution in [2.24, 2.45) is 10.7 Å². The third-order valence-corrected chi connectivity index (χ3v) is 3.56. The fourth-order valence-corrected chi connectivity index (χ4v) is 2.37. The highest BCUT2D eigenvalue weighted by Gasteiger charge is 2.00. The number of ether oxygens (including phenoxy) is 1. The first-order valence-electron chi connectivity index (χ1n) is 8.09. The Labute approximate surface area is 170 Å². The Morgan fingerprint density at radius 1 is 0.962 bits per heavy atom. The van der Waals surface area contributed by atoms with Gasteiger partial charge in [-0.3, -0.25) is 0 Å². The van der Waals surface area contributed by atoms with Gasteiger partial charge < -0.3 is 20.2 Å². The van der Waals surface area contributed by atoms with E-state index in [4.69, 9.17) is 14.9 Å². The highest BCUT2D eigenvalue weighted by atomic mass is 127. The molecule has 0 unspecified atom stereocenters. The van der Waals surface area contributed by atoms with Gasteiger partial charge in [0.1, 0.15) is 12.4 Å². The van der Waals surface area contributed by atoms with Crippen LogP contribution in [0.5, 0.6) is 0 Å². The molecule has 0 fully saturated rings. The number of benzene rings is 2. The molecule has 1 heterocycles. The number of rotatable bonds is 7. The van der Waals surface area contributed by atoms with E-state index in [2.05, 4.69) is 16.4 Å². The molecule has 0 bridgehead atoms. The van der Waals surface area contributed by atoms with Crippen LogP contribution in [0.2, 0.25) is 0 Å². The van der Waals surface area contributed by atoms with Gasteiger partial charge >= 0.3 is 0 Å². The molecule has 136 valence electrons. The van der Waals surface area contributed by atoms with Crippen molar-refractivity contribution >= 4 is 35.6 Å². The van der Waals surface area contributed by atoms with Gasteiger partial charge in [0.15, 0.2) is 5.96 Å². The van der Waals surface area contributed by atoms with Crippen LogP contribution < -0.4 is 11.1 Å². The van der Waals surface area contributed by atoms with E-state index in [-0.39, 0.29) is 24.0 Å². The van der Waals surface area contributed by atoms with E-state index < -0.39 is 0 Å². The van der Waals surface area contributed by atoms with E-state index in [0.29, 0.717) is 25.7 Å². The summed E-state index contributed by atoms with van der Waals surface area (Å²) in [6, 6.07) is 21.6. The summed E-state index contributed by atoms with van der Waals surface area (Å²) in [6.45, 7) is 1.50. The summed E-state index contributed by atoms with van der Waals surface area (Å²) >= 11 is 0. The van der Waals surface area contributed by atoms with Crippen LogP contribution in [0.4, 0.5) is 5.69 Å². The first-order valence-corrected chi connectivity index (χ1v) is 8.09. The molecule has 0 spiro atoms. The van der Waals surface area contributed by atoms with Gasteiger partial charge in [-0.2, -0.15) is 0 Å². The normalized spacial score (nSPS) is 11.0. The second-order valence-corrected chi connectivity index (χ2v) is 5.58. The minimum Gasteiger partial charge on any atom is -0.467 e.